The fraction of sp³-hybridized carbons (Fsp3) is 0.484. The number of hydrogen-bond acceptors (Lipinski definition) is 8. The molecule has 224 valence electrons. The van der Waals surface area contributed by atoms with Crippen molar-refractivity contribution in [3.05, 3.63) is 58.3 Å². The zero-order valence-electron chi connectivity index (χ0n) is 24.3. The first kappa shape index (κ1) is 30.5. The molecule has 5 rings (SSSR count). The van der Waals surface area contributed by atoms with E-state index in [4.69, 9.17) is 38.0 Å². The van der Waals surface area contributed by atoms with Crippen LogP contribution < -0.4 is 15.0 Å². The molecule has 2 aromatic heterocycles. The maximum Gasteiger partial charge on any atom is 0.303 e. The second kappa shape index (κ2) is 13.1. The molecule has 2 N–H and O–H groups in total. The Kier molecular flexibility index (Phi) is 9.52. The van der Waals surface area contributed by atoms with Gasteiger partial charge in [-0.2, -0.15) is 0 Å². The maximum absolute atomic E-state index is 11.1. The molecule has 1 atom stereocenters. The molecule has 2 fully saturated rings. The Labute approximate surface area is 257 Å². The van der Waals surface area contributed by atoms with Crippen LogP contribution in [0.3, 0.4) is 0 Å². The summed E-state index contributed by atoms with van der Waals surface area (Å²) in [6, 6.07) is 9.76. The van der Waals surface area contributed by atoms with Crippen molar-refractivity contribution in [1.82, 2.24) is 25.2 Å². The number of ether oxygens (including phenoxy) is 1. The molecule has 1 aromatic carbocycles. The molecule has 3 aromatic rings. The lowest BCUT2D eigenvalue weighted by molar-refractivity contribution is -0.138. The van der Waals surface area contributed by atoms with Gasteiger partial charge >= 0.3 is 5.97 Å². The summed E-state index contributed by atoms with van der Waals surface area (Å²) in [4.78, 5) is 29.7. The van der Waals surface area contributed by atoms with Crippen molar-refractivity contribution < 1.29 is 14.6 Å². The molecule has 0 radical (unpaired) electrons. The van der Waals surface area contributed by atoms with Crippen LogP contribution in [0.25, 0.3) is 11.3 Å². The van der Waals surface area contributed by atoms with Crippen molar-refractivity contribution in [2.24, 2.45) is 11.3 Å². The number of likely N-dealkylation sites (tertiary alicyclic amines) is 1. The van der Waals surface area contributed by atoms with E-state index in [-0.39, 0.29) is 17.8 Å². The van der Waals surface area contributed by atoms with Crippen LogP contribution in [0, 0.1) is 11.3 Å². The second-order valence-corrected chi connectivity index (χ2v) is 12.9. The number of pyridine rings is 1. The molecule has 0 amide bonds. The summed E-state index contributed by atoms with van der Waals surface area (Å²) >= 11 is 12.6. The van der Waals surface area contributed by atoms with E-state index in [1.165, 1.54) is 0 Å². The summed E-state index contributed by atoms with van der Waals surface area (Å²) in [7, 11) is 2.02. The van der Waals surface area contributed by atoms with Crippen molar-refractivity contribution in [3.8, 4) is 22.9 Å². The Bertz CT molecular complexity index is 1380. The number of aliphatic carboxylic acids is 1. The summed E-state index contributed by atoms with van der Waals surface area (Å²) in [6.45, 7) is 8.64. The Hall–Kier alpha value is -2.98. The van der Waals surface area contributed by atoms with Crippen LogP contribution in [-0.2, 0) is 11.3 Å². The van der Waals surface area contributed by atoms with Crippen molar-refractivity contribution in [2.75, 3.05) is 38.1 Å². The van der Waals surface area contributed by atoms with Crippen molar-refractivity contribution >= 4 is 35.1 Å². The Morgan fingerprint density at radius 2 is 1.74 bits per heavy atom. The Morgan fingerprint density at radius 1 is 1.05 bits per heavy atom. The van der Waals surface area contributed by atoms with Gasteiger partial charge in [0.1, 0.15) is 0 Å². The van der Waals surface area contributed by atoms with E-state index in [0.717, 1.165) is 56.6 Å². The third kappa shape index (κ3) is 7.69. The highest BCUT2D eigenvalue weighted by atomic mass is 35.5. The summed E-state index contributed by atoms with van der Waals surface area (Å²) in [6.07, 6.45) is 6.37. The normalized spacial score (nSPS) is 19.5. The third-order valence-electron chi connectivity index (χ3n) is 8.29. The van der Waals surface area contributed by atoms with Crippen LogP contribution in [-0.4, -0.2) is 70.2 Å². The number of nitrogens with zero attached hydrogens (tertiary/aromatic N) is 5. The average Bonchev–Trinajstić information content (AvgIpc) is 2.93. The number of anilines is 1. The fourth-order valence-electron chi connectivity index (χ4n) is 6.11. The van der Waals surface area contributed by atoms with Crippen LogP contribution in [0.4, 0.5) is 5.95 Å². The van der Waals surface area contributed by atoms with Crippen LogP contribution in [0.1, 0.15) is 45.1 Å². The highest BCUT2D eigenvalue weighted by Crippen LogP contribution is 2.33. The number of rotatable bonds is 9. The van der Waals surface area contributed by atoms with Gasteiger partial charge in [0.05, 0.1) is 18.1 Å². The smallest absolute Gasteiger partial charge is 0.303 e. The predicted molar refractivity (Wildman–Crippen MR) is 166 cm³/mol. The lowest BCUT2D eigenvalue weighted by Gasteiger charge is -2.44. The van der Waals surface area contributed by atoms with Crippen LogP contribution >= 0.6 is 23.2 Å². The quantitative estimate of drug-likeness (QED) is 0.294. The van der Waals surface area contributed by atoms with Gasteiger partial charge in [0.15, 0.2) is 5.75 Å². The zero-order chi connectivity index (χ0) is 29.9. The maximum atomic E-state index is 11.1. The van der Waals surface area contributed by atoms with Crippen molar-refractivity contribution in [2.45, 2.75) is 52.1 Å². The van der Waals surface area contributed by atoms with Crippen LogP contribution in [0.5, 0.6) is 11.6 Å². The molecular weight excluding hydrogens is 575 g/mol. The minimum absolute atomic E-state index is 0.0983. The van der Waals surface area contributed by atoms with Gasteiger partial charge in [-0.3, -0.25) is 9.69 Å². The molecule has 4 heterocycles. The summed E-state index contributed by atoms with van der Waals surface area (Å²) in [5.74, 6) is 1.10. The van der Waals surface area contributed by atoms with Gasteiger partial charge in [-0.05, 0) is 80.6 Å². The van der Waals surface area contributed by atoms with E-state index in [9.17, 15) is 4.79 Å². The first-order valence-electron chi connectivity index (χ1n) is 14.4. The van der Waals surface area contributed by atoms with Gasteiger partial charge in [-0.25, -0.2) is 15.0 Å². The number of benzene rings is 1. The summed E-state index contributed by atoms with van der Waals surface area (Å²) in [5.41, 5.74) is 2.61. The highest BCUT2D eigenvalue weighted by molar-refractivity contribution is 6.35. The Balaban J connectivity index is 1.34. The number of carbonyl (C=O) groups is 1. The van der Waals surface area contributed by atoms with E-state index in [0.29, 0.717) is 45.9 Å². The summed E-state index contributed by atoms with van der Waals surface area (Å²) < 4.78 is 6.19. The molecule has 11 heteroatoms. The number of piperidine rings is 2. The highest BCUT2D eigenvalue weighted by Gasteiger charge is 2.35. The standard InChI is InChI=1S/C31H38Cl2N6O3/c1-31(2)19-39(9-6-27(31)34-3)30-35-16-25(17-36-30)42-28-11-21(18-38-7-4-20(5-8-38)12-29(40)41)10-26(37-28)22-13-23(32)15-24(33)14-22/h10-11,13-17,20,27,34H,4-9,12,18-19H2,1-3H3,(H,40,41). The number of halogens is 2. The molecule has 0 spiro atoms. The molecule has 0 bridgehead atoms. The van der Waals surface area contributed by atoms with E-state index < -0.39 is 5.97 Å². The van der Waals surface area contributed by atoms with Gasteiger partial charge in [0, 0.05) is 53.8 Å². The van der Waals surface area contributed by atoms with E-state index >= 15 is 0 Å². The lowest BCUT2D eigenvalue weighted by Crippen LogP contribution is -2.54. The molecular formula is C31H38Cl2N6O3. The molecule has 9 nitrogen and oxygen atoms in total. The number of carboxylic acids is 1. The molecule has 0 saturated carbocycles. The number of hydrogen-bond donors (Lipinski definition) is 2. The second-order valence-electron chi connectivity index (χ2n) is 12.0. The topological polar surface area (TPSA) is 104 Å². The average molecular weight is 614 g/mol. The fourth-order valence-corrected chi connectivity index (χ4v) is 6.64. The van der Waals surface area contributed by atoms with E-state index in [2.05, 4.69) is 38.9 Å². The first-order chi connectivity index (χ1) is 20.1. The lowest BCUT2D eigenvalue weighted by atomic mass is 9.79. The monoisotopic (exact) mass is 612 g/mol. The SMILES string of the molecule is CNC1CCN(c2ncc(Oc3cc(CN4CCC(CC(=O)O)CC4)cc(-c4cc(Cl)cc(Cl)c4)n3)cn2)CC1(C)C. The number of nitrogens with one attached hydrogen (secondary N) is 1. The predicted octanol–water partition coefficient (Wildman–Crippen LogP) is 6.15. The van der Waals surface area contributed by atoms with E-state index in [1.807, 2.05) is 31.3 Å². The number of aromatic nitrogens is 3. The molecule has 2 aliphatic heterocycles. The zero-order valence-corrected chi connectivity index (χ0v) is 25.8. The van der Waals surface area contributed by atoms with Gasteiger partial charge in [0.25, 0.3) is 0 Å². The molecule has 0 aliphatic carbocycles. The molecule has 42 heavy (non-hydrogen) atoms. The van der Waals surface area contributed by atoms with Crippen LogP contribution in [0.2, 0.25) is 10.0 Å². The molecule has 1 unspecified atom stereocenters. The molecule has 2 aliphatic rings. The molecule has 2 saturated heterocycles. The first-order valence-corrected chi connectivity index (χ1v) is 15.2. The summed E-state index contributed by atoms with van der Waals surface area (Å²) in [5, 5.41) is 13.6. The van der Waals surface area contributed by atoms with Gasteiger partial charge in [-0.1, -0.05) is 37.0 Å². The van der Waals surface area contributed by atoms with Crippen molar-refractivity contribution in [1.29, 1.82) is 0 Å². The number of carboxylic acid groups (broad SMARTS) is 1. The van der Waals surface area contributed by atoms with E-state index in [1.54, 1.807) is 18.5 Å². The van der Waals surface area contributed by atoms with Crippen molar-refractivity contribution in [3.63, 3.8) is 0 Å². The van der Waals surface area contributed by atoms with Gasteiger partial charge < -0.3 is 20.1 Å². The Morgan fingerprint density at radius 3 is 2.36 bits per heavy atom. The van der Waals surface area contributed by atoms with Crippen LogP contribution in [0.15, 0.2) is 42.7 Å². The van der Waals surface area contributed by atoms with Gasteiger partial charge in [0.2, 0.25) is 11.8 Å². The largest absolute Gasteiger partial charge is 0.481 e. The third-order valence-corrected chi connectivity index (χ3v) is 8.73. The minimum Gasteiger partial charge on any atom is -0.481 e. The minimum atomic E-state index is -0.728. The van der Waals surface area contributed by atoms with Gasteiger partial charge in [-0.15, -0.1) is 0 Å².